The number of aryl methyl sites for hydroxylation is 2. The average Bonchev–Trinajstić information content (AvgIpc) is 2.90. The van der Waals surface area contributed by atoms with Gasteiger partial charge in [-0.05, 0) is 32.6 Å². The minimum Gasteiger partial charge on any atom is -0.280 e. The summed E-state index contributed by atoms with van der Waals surface area (Å²) in [7, 11) is 0. The first-order valence-corrected chi connectivity index (χ1v) is 6.40. The standard InChI is InChI=1S/C13H17N3O2/c1-6-4-9-10(5-6)13(18)16(12(9)17)11-7(2)14-15-8(11)3/h6,9-10H,4-5H2,1-3H3,(H,14,15). The molecule has 1 aliphatic heterocycles. The quantitative estimate of drug-likeness (QED) is 0.766. The molecule has 2 aliphatic rings. The Labute approximate surface area is 106 Å². The van der Waals surface area contributed by atoms with E-state index in [1.807, 2.05) is 13.8 Å². The van der Waals surface area contributed by atoms with E-state index < -0.39 is 0 Å². The summed E-state index contributed by atoms with van der Waals surface area (Å²) in [5.41, 5.74) is 2.15. The van der Waals surface area contributed by atoms with Gasteiger partial charge < -0.3 is 0 Å². The third-order valence-corrected chi connectivity index (χ3v) is 4.19. The Morgan fingerprint density at radius 2 is 1.72 bits per heavy atom. The Balaban J connectivity index is 2.01. The van der Waals surface area contributed by atoms with Crippen LogP contribution in [0.15, 0.2) is 0 Å². The fourth-order valence-corrected chi connectivity index (χ4v) is 3.37. The van der Waals surface area contributed by atoms with Crippen LogP contribution in [0.3, 0.4) is 0 Å². The lowest BCUT2D eigenvalue weighted by molar-refractivity contribution is -0.123. The van der Waals surface area contributed by atoms with Gasteiger partial charge in [-0.2, -0.15) is 5.10 Å². The van der Waals surface area contributed by atoms with E-state index in [0.29, 0.717) is 17.3 Å². The van der Waals surface area contributed by atoms with Gasteiger partial charge in [-0.15, -0.1) is 0 Å². The van der Waals surface area contributed by atoms with Crippen molar-refractivity contribution in [2.45, 2.75) is 33.6 Å². The maximum atomic E-state index is 12.4. The molecule has 1 saturated carbocycles. The van der Waals surface area contributed by atoms with Crippen LogP contribution in [0.4, 0.5) is 5.69 Å². The number of carbonyl (C=O) groups excluding carboxylic acids is 2. The molecular weight excluding hydrogens is 230 g/mol. The molecule has 1 aromatic heterocycles. The van der Waals surface area contributed by atoms with Gasteiger partial charge in [-0.3, -0.25) is 14.7 Å². The number of amides is 2. The van der Waals surface area contributed by atoms with Crippen LogP contribution >= 0.6 is 0 Å². The Bertz CT molecular complexity index is 491. The summed E-state index contributed by atoms with van der Waals surface area (Å²) >= 11 is 0. The second kappa shape index (κ2) is 3.67. The number of aromatic nitrogens is 2. The molecule has 0 aromatic carbocycles. The van der Waals surface area contributed by atoms with Gasteiger partial charge >= 0.3 is 0 Å². The van der Waals surface area contributed by atoms with Crippen LogP contribution in [0.5, 0.6) is 0 Å². The second-order valence-corrected chi connectivity index (χ2v) is 5.58. The molecule has 0 spiro atoms. The van der Waals surface area contributed by atoms with E-state index in [4.69, 9.17) is 0 Å². The summed E-state index contributed by atoms with van der Waals surface area (Å²) in [4.78, 5) is 26.2. The normalized spacial score (nSPS) is 31.3. The Morgan fingerprint density at radius 1 is 1.17 bits per heavy atom. The maximum Gasteiger partial charge on any atom is 0.237 e. The van der Waals surface area contributed by atoms with E-state index in [9.17, 15) is 9.59 Å². The van der Waals surface area contributed by atoms with Crippen LogP contribution in [-0.2, 0) is 9.59 Å². The summed E-state index contributed by atoms with van der Waals surface area (Å²) < 4.78 is 0. The summed E-state index contributed by atoms with van der Waals surface area (Å²) in [6.45, 7) is 5.76. The van der Waals surface area contributed by atoms with Crippen molar-refractivity contribution in [1.29, 1.82) is 0 Å². The Hall–Kier alpha value is -1.65. The minimum atomic E-state index is -0.110. The first kappa shape index (κ1) is 11.4. The van der Waals surface area contributed by atoms with Gasteiger partial charge in [0.1, 0.15) is 0 Å². The first-order valence-electron chi connectivity index (χ1n) is 6.40. The molecule has 96 valence electrons. The van der Waals surface area contributed by atoms with Gasteiger partial charge in [-0.1, -0.05) is 6.92 Å². The van der Waals surface area contributed by atoms with Crippen LogP contribution in [0, 0.1) is 31.6 Å². The van der Waals surface area contributed by atoms with E-state index in [0.717, 1.165) is 18.5 Å². The monoisotopic (exact) mass is 247 g/mol. The number of anilines is 1. The van der Waals surface area contributed by atoms with Crippen molar-refractivity contribution in [2.24, 2.45) is 17.8 Å². The number of hydrogen-bond acceptors (Lipinski definition) is 3. The molecule has 1 saturated heterocycles. The maximum absolute atomic E-state index is 12.4. The van der Waals surface area contributed by atoms with Crippen LogP contribution in [-0.4, -0.2) is 22.0 Å². The summed E-state index contributed by atoms with van der Waals surface area (Å²) in [5, 5.41) is 6.90. The lowest BCUT2D eigenvalue weighted by Gasteiger charge is -2.16. The van der Waals surface area contributed by atoms with E-state index in [1.165, 1.54) is 4.90 Å². The SMILES string of the molecule is Cc1n[nH]c(C)c1N1C(=O)C2CC(C)CC2C1=O. The van der Waals surface area contributed by atoms with Gasteiger partial charge in [0.15, 0.2) is 0 Å². The highest BCUT2D eigenvalue weighted by Gasteiger charge is 2.53. The molecule has 3 rings (SSSR count). The van der Waals surface area contributed by atoms with Gasteiger partial charge in [0, 0.05) is 0 Å². The van der Waals surface area contributed by atoms with Crippen LogP contribution in [0.1, 0.15) is 31.2 Å². The number of rotatable bonds is 1. The highest BCUT2D eigenvalue weighted by molar-refractivity contribution is 6.22. The molecule has 5 nitrogen and oxygen atoms in total. The van der Waals surface area contributed by atoms with Crippen molar-refractivity contribution >= 4 is 17.5 Å². The molecule has 2 unspecified atom stereocenters. The van der Waals surface area contributed by atoms with Crippen molar-refractivity contribution in [3.05, 3.63) is 11.4 Å². The number of carbonyl (C=O) groups is 2. The van der Waals surface area contributed by atoms with E-state index >= 15 is 0 Å². The van der Waals surface area contributed by atoms with E-state index in [2.05, 4.69) is 17.1 Å². The summed E-state index contributed by atoms with van der Waals surface area (Å²) in [6.07, 6.45) is 1.67. The number of aromatic amines is 1. The van der Waals surface area contributed by atoms with Crippen LogP contribution < -0.4 is 4.90 Å². The van der Waals surface area contributed by atoms with Crippen molar-refractivity contribution in [3.8, 4) is 0 Å². The first-order chi connectivity index (χ1) is 8.50. The molecule has 18 heavy (non-hydrogen) atoms. The molecule has 5 heteroatoms. The fraction of sp³-hybridized carbons (Fsp3) is 0.615. The lowest BCUT2D eigenvalue weighted by Crippen LogP contribution is -2.32. The van der Waals surface area contributed by atoms with Crippen LogP contribution in [0.25, 0.3) is 0 Å². The highest BCUT2D eigenvalue weighted by atomic mass is 16.2. The molecule has 2 fully saturated rings. The zero-order valence-electron chi connectivity index (χ0n) is 10.9. The zero-order valence-corrected chi connectivity index (χ0v) is 10.9. The third kappa shape index (κ3) is 1.36. The Kier molecular flexibility index (Phi) is 2.33. The zero-order chi connectivity index (χ0) is 13.0. The third-order valence-electron chi connectivity index (χ3n) is 4.19. The number of imide groups is 1. The number of hydrogen-bond donors (Lipinski definition) is 1. The number of nitrogens with zero attached hydrogens (tertiary/aromatic N) is 2. The molecule has 1 N–H and O–H groups in total. The summed E-state index contributed by atoms with van der Waals surface area (Å²) in [6, 6.07) is 0. The minimum absolute atomic E-state index is 0.0399. The predicted molar refractivity (Wildman–Crippen MR) is 65.9 cm³/mol. The molecule has 1 aliphatic carbocycles. The molecule has 2 atom stereocenters. The number of fused-ring (bicyclic) bond motifs is 1. The summed E-state index contributed by atoms with van der Waals surface area (Å²) in [5.74, 6) is 0.174. The molecule has 1 aromatic rings. The Morgan fingerprint density at radius 3 is 2.17 bits per heavy atom. The van der Waals surface area contributed by atoms with Gasteiger partial charge in [-0.25, -0.2) is 4.90 Å². The fourth-order valence-electron chi connectivity index (χ4n) is 3.37. The van der Waals surface area contributed by atoms with E-state index in [-0.39, 0.29) is 23.7 Å². The molecule has 2 amide bonds. The number of nitrogens with one attached hydrogen (secondary N) is 1. The van der Waals surface area contributed by atoms with Gasteiger partial charge in [0.25, 0.3) is 0 Å². The largest absolute Gasteiger partial charge is 0.280 e. The van der Waals surface area contributed by atoms with Crippen molar-refractivity contribution < 1.29 is 9.59 Å². The number of H-pyrrole nitrogens is 1. The topological polar surface area (TPSA) is 66.1 Å². The molecule has 0 bridgehead atoms. The molecular formula is C13H17N3O2. The highest BCUT2D eigenvalue weighted by Crippen LogP contribution is 2.45. The predicted octanol–water partition coefficient (Wildman–Crippen LogP) is 1.56. The average molecular weight is 247 g/mol. The van der Waals surface area contributed by atoms with Crippen molar-refractivity contribution in [1.82, 2.24) is 10.2 Å². The second-order valence-electron chi connectivity index (χ2n) is 5.58. The van der Waals surface area contributed by atoms with E-state index in [1.54, 1.807) is 0 Å². The van der Waals surface area contributed by atoms with Crippen molar-refractivity contribution in [2.75, 3.05) is 4.90 Å². The molecule has 0 radical (unpaired) electrons. The van der Waals surface area contributed by atoms with Gasteiger partial charge in [0.2, 0.25) is 11.8 Å². The van der Waals surface area contributed by atoms with Crippen molar-refractivity contribution in [3.63, 3.8) is 0 Å². The smallest absolute Gasteiger partial charge is 0.237 e. The van der Waals surface area contributed by atoms with Crippen LogP contribution in [0.2, 0.25) is 0 Å². The lowest BCUT2D eigenvalue weighted by atomic mass is 10.00. The molecule has 2 heterocycles. The van der Waals surface area contributed by atoms with Gasteiger partial charge in [0.05, 0.1) is 28.9 Å².